The third kappa shape index (κ3) is 6.03. The quantitative estimate of drug-likeness (QED) is 0.225. The third-order valence-corrected chi connectivity index (χ3v) is 2.65. The molecule has 0 saturated heterocycles. The lowest BCUT2D eigenvalue weighted by Crippen LogP contribution is -2.13. The highest BCUT2D eigenvalue weighted by Crippen LogP contribution is 2.19. The van der Waals surface area contributed by atoms with Crippen molar-refractivity contribution in [3.8, 4) is 0 Å². The van der Waals surface area contributed by atoms with Crippen LogP contribution in [0.2, 0.25) is 5.15 Å². The van der Waals surface area contributed by atoms with Crippen LogP contribution in [0.5, 0.6) is 0 Å². The van der Waals surface area contributed by atoms with Crippen LogP contribution < -0.4 is 0 Å². The van der Waals surface area contributed by atoms with Gasteiger partial charge < -0.3 is 14.2 Å². The van der Waals surface area contributed by atoms with Crippen molar-refractivity contribution in [1.82, 2.24) is 4.98 Å². The van der Waals surface area contributed by atoms with Gasteiger partial charge in [-0.05, 0) is 6.42 Å². The van der Waals surface area contributed by atoms with E-state index in [9.17, 15) is 14.9 Å². The van der Waals surface area contributed by atoms with Gasteiger partial charge in [0.05, 0.1) is 11.5 Å². The summed E-state index contributed by atoms with van der Waals surface area (Å²) in [5.74, 6) is -0.781. The van der Waals surface area contributed by atoms with Crippen LogP contribution in [0.1, 0.15) is 16.8 Å². The number of aromatic nitrogens is 1. The molecule has 9 heteroatoms. The van der Waals surface area contributed by atoms with Gasteiger partial charge in [0.25, 0.3) is 5.69 Å². The van der Waals surface area contributed by atoms with Crippen molar-refractivity contribution in [3.05, 3.63) is 33.1 Å². The van der Waals surface area contributed by atoms with Crippen LogP contribution in [-0.4, -0.2) is 49.4 Å². The number of ether oxygens (including phenoxy) is 3. The summed E-state index contributed by atoms with van der Waals surface area (Å²) in [6, 6.07) is 1.02. The fourth-order valence-electron chi connectivity index (χ4n) is 1.36. The summed E-state index contributed by atoms with van der Waals surface area (Å²) >= 11 is 5.71. The average molecular weight is 319 g/mol. The predicted octanol–water partition coefficient (Wildman–Crippen LogP) is 1.85. The molecule has 0 atom stereocenters. The number of nitro groups is 1. The van der Waals surface area contributed by atoms with E-state index >= 15 is 0 Å². The molecule has 0 bridgehead atoms. The van der Waals surface area contributed by atoms with Gasteiger partial charge in [-0.15, -0.1) is 0 Å². The molecule has 0 amide bonds. The van der Waals surface area contributed by atoms with Gasteiger partial charge in [0, 0.05) is 26.4 Å². The number of methoxy groups -OCH3 is 1. The highest BCUT2D eigenvalue weighted by atomic mass is 35.5. The van der Waals surface area contributed by atoms with E-state index in [4.69, 9.17) is 25.8 Å². The second kappa shape index (κ2) is 9.22. The monoisotopic (exact) mass is 318 g/mol. The van der Waals surface area contributed by atoms with Crippen molar-refractivity contribution < 1.29 is 23.9 Å². The Labute approximate surface area is 126 Å². The molecule has 1 aromatic rings. The minimum atomic E-state index is -0.781. The Hall–Kier alpha value is -1.77. The van der Waals surface area contributed by atoms with Crippen molar-refractivity contribution in [2.45, 2.75) is 6.42 Å². The lowest BCUT2D eigenvalue weighted by Gasteiger charge is -2.06. The Morgan fingerprint density at radius 2 is 2.14 bits per heavy atom. The molecule has 0 aliphatic carbocycles. The zero-order chi connectivity index (χ0) is 15.7. The first-order chi connectivity index (χ1) is 10.1. The number of pyridine rings is 1. The van der Waals surface area contributed by atoms with E-state index in [1.807, 2.05) is 0 Å². The van der Waals surface area contributed by atoms with Crippen molar-refractivity contribution in [2.75, 3.05) is 33.5 Å². The number of halogens is 1. The molecule has 1 aromatic heterocycles. The van der Waals surface area contributed by atoms with Gasteiger partial charge >= 0.3 is 5.97 Å². The Morgan fingerprint density at radius 1 is 1.38 bits per heavy atom. The van der Waals surface area contributed by atoms with Crippen LogP contribution in [0.4, 0.5) is 5.69 Å². The molecule has 1 heterocycles. The topological polar surface area (TPSA) is 101 Å². The van der Waals surface area contributed by atoms with E-state index < -0.39 is 10.9 Å². The number of carbonyl (C=O) groups is 1. The predicted molar refractivity (Wildman–Crippen MR) is 73.5 cm³/mol. The molecule has 0 aliphatic rings. The van der Waals surface area contributed by atoms with Crippen LogP contribution in [-0.2, 0) is 14.2 Å². The highest BCUT2D eigenvalue weighted by Gasteiger charge is 2.18. The van der Waals surface area contributed by atoms with Gasteiger partial charge in [0.15, 0.2) is 0 Å². The van der Waals surface area contributed by atoms with Crippen LogP contribution in [0.15, 0.2) is 12.3 Å². The van der Waals surface area contributed by atoms with Gasteiger partial charge in [0.1, 0.15) is 23.5 Å². The van der Waals surface area contributed by atoms with Gasteiger partial charge in [0.2, 0.25) is 0 Å². The summed E-state index contributed by atoms with van der Waals surface area (Å²) in [5.41, 5.74) is -0.479. The summed E-state index contributed by atoms with van der Waals surface area (Å²) in [7, 11) is 1.60. The number of hydrogen-bond donors (Lipinski definition) is 0. The Morgan fingerprint density at radius 3 is 2.81 bits per heavy atom. The summed E-state index contributed by atoms with van der Waals surface area (Å²) in [6.45, 7) is 1.32. The largest absolute Gasteiger partial charge is 0.460 e. The molecule has 0 spiro atoms. The first-order valence-electron chi connectivity index (χ1n) is 6.10. The molecule has 116 valence electrons. The number of esters is 1. The molecule has 0 saturated carbocycles. The molecular weight excluding hydrogens is 304 g/mol. The van der Waals surface area contributed by atoms with Gasteiger partial charge in [-0.2, -0.15) is 0 Å². The van der Waals surface area contributed by atoms with E-state index in [2.05, 4.69) is 4.98 Å². The number of carbonyl (C=O) groups excluding carboxylic acids is 1. The molecule has 0 unspecified atom stereocenters. The molecule has 8 nitrogen and oxygen atoms in total. The van der Waals surface area contributed by atoms with Crippen molar-refractivity contribution in [2.24, 2.45) is 0 Å². The van der Waals surface area contributed by atoms with Gasteiger partial charge in [-0.1, -0.05) is 11.6 Å². The van der Waals surface area contributed by atoms with Crippen molar-refractivity contribution in [3.63, 3.8) is 0 Å². The maximum atomic E-state index is 11.7. The molecule has 1 rings (SSSR count). The molecule has 0 fully saturated rings. The first kappa shape index (κ1) is 17.3. The summed E-state index contributed by atoms with van der Waals surface area (Å²) < 4.78 is 15.0. The van der Waals surface area contributed by atoms with Crippen molar-refractivity contribution in [1.29, 1.82) is 0 Å². The molecule has 0 aliphatic heterocycles. The van der Waals surface area contributed by atoms with E-state index in [1.54, 1.807) is 7.11 Å². The number of hydrogen-bond acceptors (Lipinski definition) is 7. The molecule has 0 aromatic carbocycles. The fourth-order valence-corrected chi connectivity index (χ4v) is 1.54. The molecular formula is C12H15ClN2O6. The van der Waals surface area contributed by atoms with Crippen LogP contribution in [0, 0.1) is 10.1 Å². The second-order valence-electron chi connectivity index (χ2n) is 3.88. The van der Waals surface area contributed by atoms with E-state index in [-0.39, 0.29) is 29.6 Å². The van der Waals surface area contributed by atoms with Crippen molar-refractivity contribution >= 4 is 23.3 Å². The Kier molecular flexibility index (Phi) is 7.59. The molecule has 21 heavy (non-hydrogen) atoms. The highest BCUT2D eigenvalue weighted by molar-refractivity contribution is 6.32. The van der Waals surface area contributed by atoms with Crippen LogP contribution >= 0.6 is 11.6 Å². The minimum absolute atomic E-state index is 0.0187. The molecule has 0 N–H and O–H groups in total. The Bertz CT molecular complexity index is 497. The lowest BCUT2D eigenvalue weighted by molar-refractivity contribution is -0.385. The third-order valence-electron chi connectivity index (χ3n) is 2.35. The van der Waals surface area contributed by atoms with Gasteiger partial charge in [-0.3, -0.25) is 10.1 Å². The maximum Gasteiger partial charge on any atom is 0.341 e. The normalized spacial score (nSPS) is 10.4. The maximum absolute atomic E-state index is 11.7. The SMILES string of the molecule is COCCCOCCOC(=O)c1cc([N+](=O)[O-])cnc1Cl. The summed E-state index contributed by atoms with van der Waals surface area (Å²) in [6.07, 6.45) is 1.71. The van der Waals surface area contributed by atoms with E-state index in [1.165, 1.54) is 0 Å². The zero-order valence-corrected chi connectivity index (χ0v) is 12.2. The number of rotatable bonds is 9. The van der Waals surface area contributed by atoms with Crippen LogP contribution in [0.3, 0.4) is 0 Å². The second-order valence-corrected chi connectivity index (χ2v) is 4.24. The van der Waals surface area contributed by atoms with E-state index in [0.29, 0.717) is 13.2 Å². The fraction of sp³-hybridized carbons (Fsp3) is 0.500. The average Bonchev–Trinajstić information content (AvgIpc) is 2.46. The smallest absolute Gasteiger partial charge is 0.341 e. The Balaban J connectivity index is 2.41. The summed E-state index contributed by atoms with van der Waals surface area (Å²) in [5, 5.41) is 10.5. The lowest BCUT2D eigenvalue weighted by atomic mass is 10.2. The first-order valence-corrected chi connectivity index (χ1v) is 6.47. The van der Waals surface area contributed by atoms with Crippen LogP contribution in [0.25, 0.3) is 0 Å². The number of nitrogens with zero attached hydrogens (tertiary/aromatic N) is 2. The standard InChI is InChI=1S/C12H15ClN2O6/c1-19-3-2-4-20-5-6-21-12(16)10-7-9(15(17)18)8-14-11(10)13/h7-8H,2-6H2,1H3. The summed E-state index contributed by atoms with van der Waals surface area (Å²) in [4.78, 5) is 25.3. The minimum Gasteiger partial charge on any atom is -0.460 e. The molecule has 0 radical (unpaired) electrons. The van der Waals surface area contributed by atoms with E-state index in [0.717, 1.165) is 18.7 Å². The van der Waals surface area contributed by atoms with Gasteiger partial charge in [-0.25, -0.2) is 9.78 Å². The zero-order valence-electron chi connectivity index (χ0n) is 11.4.